The van der Waals surface area contributed by atoms with Crippen LogP contribution in [0.3, 0.4) is 0 Å². The monoisotopic (exact) mass is 296 g/mol. The zero-order chi connectivity index (χ0) is 13.8. The van der Waals surface area contributed by atoms with Crippen LogP contribution in [-0.2, 0) is 4.74 Å². The van der Waals surface area contributed by atoms with Crippen molar-refractivity contribution in [2.75, 3.05) is 11.9 Å². The van der Waals surface area contributed by atoms with Gasteiger partial charge in [-0.3, -0.25) is 4.79 Å². The molecule has 0 aromatic carbocycles. The Balaban J connectivity index is 2.29. The van der Waals surface area contributed by atoms with E-state index in [1.165, 1.54) is 6.92 Å². The average Bonchev–Trinajstić information content (AvgIpc) is 2.99. The van der Waals surface area contributed by atoms with Crippen molar-refractivity contribution in [3.05, 3.63) is 27.4 Å². The SMILES string of the molecule is CCOC(=O)c1nc(Nc2ccsc2)sc1C(C)=O. The lowest BCUT2D eigenvalue weighted by Gasteiger charge is -1.99. The molecule has 0 atom stereocenters. The summed E-state index contributed by atoms with van der Waals surface area (Å²) in [5, 5.41) is 7.40. The molecule has 2 heterocycles. The normalized spacial score (nSPS) is 10.2. The Kier molecular flexibility index (Phi) is 4.28. The van der Waals surface area contributed by atoms with Crippen LogP contribution >= 0.6 is 22.7 Å². The maximum atomic E-state index is 11.7. The van der Waals surface area contributed by atoms with Crippen LogP contribution in [-0.4, -0.2) is 23.3 Å². The van der Waals surface area contributed by atoms with Gasteiger partial charge in [0.05, 0.1) is 12.3 Å². The summed E-state index contributed by atoms with van der Waals surface area (Å²) in [5.41, 5.74) is 0.960. The molecule has 0 spiro atoms. The highest BCUT2D eigenvalue weighted by Crippen LogP contribution is 2.27. The minimum absolute atomic E-state index is 0.0806. The van der Waals surface area contributed by atoms with E-state index in [9.17, 15) is 9.59 Å². The summed E-state index contributed by atoms with van der Waals surface area (Å²) in [6, 6.07) is 1.89. The maximum Gasteiger partial charge on any atom is 0.358 e. The number of thiazole rings is 1. The van der Waals surface area contributed by atoms with E-state index in [0.717, 1.165) is 17.0 Å². The van der Waals surface area contributed by atoms with Gasteiger partial charge in [-0.25, -0.2) is 9.78 Å². The second kappa shape index (κ2) is 5.94. The van der Waals surface area contributed by atoms with Gasteiger partial charge in [0.15, 0.2) is 16.6 Å². The first-order valence-corrected chi connectivity index (χ1v) is 7.36. The first-order valence-electron chi connectivity index (χ1n) is 5.60. The number of carbonyl (C=O) groups is 2. The summed E-state index contributed by atoms with van der Waals surface area (Å²) in [6.07, 6.45) is 0. The molecular weight excluding hydrogens is 284 g/mol. The van der Waals surface area contributed by atoms with Crippen LogP contribution in [0.2, 0.25) is 0 Å². The number of nitrogens with zero attached hydrogens (tertiary/aromatic N) is 1. The molecule has 19 heavy (non-hydrogen) atoms. The number of Topliss-reactive ketones (excluding diaryl/α,β-unsaturated/α-hetero) is 1. The predicted octanol–water partition coefficient (Wildman–Crippen LogP) is 3.33. The molecule has 2 aromatic heterocycles. The molecule has 2 rings (SSSR count). The zero-order valence-corrected chi connectivity index (χ0v) is 12.1. The summed E-state index contributed by atoms with van der Waals surface area (Å²) in [5.74, 6) is -0.763. The van der Waals surface area contributed by atoms with Gasteiger partial charge in [-0.2, -0.15) is 11.3 Å². The number of anilines is 2. The molecule has 0 radical (unpaired) electrons. The lowest BCUT2D eigenvalue weighted by atomic mass is 10.3. The number of hydrogen-bond donors (Lipinski definition) is 1. The minimum atomic E-state index is -0.567. The fourth-order valence-electron chi connectivity index (χ4n) is 1.41. The Hall–Kier alpha value is -1.73. The van der Waals surface area contributed by atoms with Gasteiger partial charge in [-0.05, 0) is 18.4 Å². The average molecular weight is 296 g/mol. The van der Waals surface area contributed by atoms with Gasteiger partial charge in [0, 0.05) is 12.3 Å². The van der Waals surface area contributed by atoms with Crippen LogP contribution in [0.1, 0.15) is 34.0 Å². The van der Waals surface area contributed by atoms with Crippen molar-refractivity contribution >= 4 is 45.2 Å². The van der Waals surface area contributed by atoms with Gasteiger partial charge in [0.1, 0.15) is 4.88 Å². The molecule has 0 bridgehead atoms. The van der Waals surface area contributed by atoms with Crippen LogP contribution in [0.5, 0.6) is 0 Å². The van der Waals surface area contributed by atoms with Gasteiger partial charge in [0.25, 0.3) is 0 Å². The molecule has 0 unspecified atom stereocenters. The molecule has 1 N–H and O–H groups in total. The highest BCUT2D eigenvalue weighted by Gasteiger charge is 2.22. The van der Waals surface area contributed by atoms with Crippen LogP contribution in [0, 0.1) is 0 Å². The van der Waals surface area contributed by atoms with Crippen molar-refractivity contribution in [2.24, 2.45) is 0 Å². The van der Waals surface area contributed by atoms with Crippen LogP contribution in [0.15, 0.2) is 16.8 Å². The van der Waals surface area contributed by atoms with Gasteiger partial charge >= 0.3 is 5.97 Å². The van der Waals surface area contributed by atoms with E-state index in [0.29, 0.717) is 10.0 Å². The third-order valence-corrected chi connectivity index (χ3v) is 3.94. The van der Waals surface area contributed by atoms with E-state index in [1.54, 1.807) is 18.3 Å². The molecule has 0 fully saturated rings. The fourth-order valence-corrected chi connectivity index (χ4v) is 2.87. The Labute approximate surface area is 118 Å². The van der Waals surface area contributed by atoms with Crippen molar-refractivity contribution in [3.8, 4) is 0 Å². The molecular formula is C12H12N2O3S2. The van der Waals surface area contributed by atoms with E-state index in [-0.39, 0.29) is 18.1 Å². The molecule has 0 aliphatic carbocycles. The summed E-state index contributed by atoms with van der Waals surface area (Å²) in [7, 11) is 0. The molecule has 100 valence electrons. The van der Waals surface area contributed by atoms with Crippen molar-refractivity contribution in [3.63, 3.8) is 0 Å². The number of nitrogens with one attached hydrogen (secondary N) is 1. The number of rotatable bonds is 5. The zero-order valence-electron chi connectivity index (χ0n) is 10.4. The molecule has 0 saturated carbocycles. The van der Waals surface area contributed by atoms with E-state index in [4.69, 9.17) is 4.74 Å². The molecule has 0 aliphatic rings. The number of esters is 1. The van der Waals surface area contributed by atoms with E-state index >= 15 is 0 Å². The summed E-state index contributed by atoms with van der Waals surface area (Å²) >= 11 is 2.70. The van der Waals surface area contributed by atoms with E-state index < -0.39 is 5.97 Å². The van der Waals surface area contributed by atoms with Crippen LogP contribution in [0.25, 0.3) is 0 Å². The van der Waals surface area contributed by atoms with Gasteiger partial charge in [-0.1, -0.05) is 11.3 Å². The van der Waals surface area contributed by atoms with Crippen molar-refractivity contribution in [2.45, 2.75) is 13.8 Å². The topological polar surface area (TPSA) is 68.3 Å². The van der Waals surface area contributed by atoms with Gasteiger partial charge in [0.2, 0.25) is 0 Å². The first-order chi connectivity index (χ1) is 9.11. The largest absolute Gasteiger partial charge is 0.461 e. The quantitative estimate of drug-likeness (QED) is 0.677. The standard InChI is InChI=1S/C12H12N2O3S2/c1-3-17-11(16)9-10(7(2)15)19-12(14-9)13-8-4-5-18-6-8/h4-6H,3H2,1-2H3,(H,13,14). The minimum Gasteiger partial charge on any atom is -0.461 e. The highest BCUT2D eigenvalue weighted by molar-refractivity contribution is 7.18. The van der Waals surface area contributed by atoms with Gasteiger partial charge < -0.3 is 10.1 Å². The molecule has 0 amide bonds. The predicted molar refractivity (Wildman–Crippen MR) is 75.7 cm³/mol. The molecule has 5 nitrogen and oxygen atoms in total. The second-order valence-corrected chi connectivity index (χ2v) is 5.39. The van der Waals surface area contributed by atoms with Crippen molar-refractivity contribution in [1.82, 2.24) is 4.98 Å². The number of ether oxygens (including phenoxy) is 1. The molecule has 0 aliphatic heterocycles. The molecule has 2 aromatic rings. The Morgan fingerprint density at radius 2 is 2.26 bits per heavy atom. The summed E-state index contributed by atoms with van der Waals surface area (Å²) in [4.78, 5) is 27.7. The second-order valence-electron chi connectivity index (χ2n) is 3.61. The van der Waals surface area contributed by atoms with Crippen molar-refractivity contribution in [1.29, 1.82) is 0 Å². The highest BCUT2D eigenvalue weighted by atomic mass is 32.1. The third kappa shape index (κ3) is 3.18. The van der Waals surface area contributed by atoms with Crippen LogP contribution in [0.4, 0.5) is 10.8 Å². The summed E-state index contributed by atoms with van der Waals surface area (Å²) < 4.78 is 4.89. The van der Waals surface area contributed by atoms with Crippen molar-refractivity contribution < 1.29 is 14.3 Å². The fraction of sp³-hybridized carbons (Fsp3) is 0.250. The Bertz CT molecular complexity index is 590. The number of aromatic nitrogens is 1. The molecule has 7 heteroatoms. The van der Waals surface area contributed by atoms with E-state index in [1.807, 2.05) is 16.8 Å². The first kappa shape index (κ1) is 13.7. The van der Waals surface area contributed by atoms with Gasteiger partial charge in [-0.15, -0.1) is 0 Å². The van der Waals surface area contributed by atoms with E-state index in [2.05, 4.69) is 10.3 Å². The smallest absolute Gasteiger partial charge is 0.358 e. The number of carbonyl (C=O) groups excluding carboxylic acids is 2. The number of ketones is 1. The lowest BCUT2D eigenvalue weighted by molar-refractivity contribution is 0.0517. The number of hydrogen-bond acceptors (Lipinski definition) is 7. The Morgan fingerprint density at radius 3 is 2.84 bits per heavy atom. The number of thiophene rings is 1. The molecule has 0 saturated heterocycles. The Morgan fingerprint density at radius 1 is 1.47 bits per heavy atom. The third-order valence-electron chi connectivity index (χ3n) is 2.19. The maximum absolute atomic E-state index is 11.7. The lowest BCUT2D eigenvalue weighted by Crippen LogP contribution is -2.09. The summed E-state index contributed by atoms with van der Waals surface area (Å²) in [6.45, 7) is 3.37. The van der Waals surface area contributed by atoms with Crippen LogP contribution < -0.4 is 5.32 Å².